The maximum absolute atomic E-state index is 12.8. The van der Waals surface area contributed by atoms with Crippen molar-refractivity contribution in [2.75, 3.05) is 26.8 Å². The Morgan fingerprint density at radius 1 is 1.12 bits per heavy atom. The van der Waals surface area contributed by atoms with Crippen LogP contribution < -0.4 is 15.4 Å². The highest BCUT2D eigenvalue weighted by Gasteiger charge is 2.25. The maximum Gasteiger partial charge on any atom is 0.328 e. The van der Waals surface area contributed by atoms with Crippen LogP contribution in [0, 0.1) is 0 Å². The van der Waals surface area contributed by atoms with Crippen molar-refractivity contribution in [2.24, 2.45) is 0 Å². The van der Waals surface area contributed by atoms with E-state index in [0.29, 0.717) is 12.4 Å². The third-order valence-electron chi connectivity index (χ3n) is 4.56. The second kappa shape index (κ2) is 14.6. The molecule has 32 heavy (non-hydrogen) atoms. The normalized spacial score (nSPS) is 11.2. The molecule has 0 aromatic heterocycles. The minimum atomic E-state index is -0.906. The monoisotopic (exact) mass is 484 g/mol. The number of unbranched alkanes of at least 4 members (excludes halogenated alkanes) is 1. The van der Waals surface area contributed by atoms with E-state index < -0.39 is 23.7 Å². The summed E-state index contributed by atoms with van der Waals surface area (Å²) in [6.45, 7) is 3.21. The molecule has 0 bridgehead atoms. The molecule has 0 aliphatic heterocycles. The third-order valence-corrected chi connectivity index (χ3v) is 4.93. The van der Waals surface area contributed by atoms with Crippen LogP contribution in [-0.4, -0.2) is 49.8 Å². The van der Waals surface area contributed by atoms with Crippen molar-refractivity contribution >= 4 is 35.9 Å². The van der Waals surface area contributed by atoms with E-state index in [0.717, 1.165) is 24.9 Å². The average Bonchev–Trinajstić information content (AvgIpc) is 2.76. The topological polar surface area (TPSA) is 96.9 Å². The Bertz CT molecular complexity index is 865. The molecule has 2 aromatic carbocycles. The molecule has 0 saturated carbocycles. The standard InChI is InChI=1S/C23H29ClN2O5.ClH/c1-3-30-23(29)18(15-16-9-5-4-6-10-16)26-22(28)17-11-12-19(20(24)21(17)27)31-14-8-7-13-25-2;/h4-6,9-12,18,25,27H,3,7-8,13-15H2,1-2H3,(H,26,28);1H/t18-;/m0./s1. The molecule has 0 aliphatic rings. The van der Waals surface area contributed by atoms with Gasteiger partial charge in [-0.1, -0.05) is 41.9 Å². The van der Waals surface area contributed by atoms with E-state index >= 15 is 0 Å². The molecule has 1 atom stereocenters. The summed E-state index contributed by atoms with van der Waals surface area (Å²) in [5.41, 5.74) is 0.819. The van der Waals surface area contributed by atoms with Gasteiger partial charge in [0.1, 0.15) is 16.8 Å². The lowest BCUT2D eigenvalue weighted by Gasteiger charge is -2.18. The van der Waals surface area contributed by atoms with Gasteiger partial charge in [-0.2, -0.15) is 0 Å². The lowest BCUT2D eigenvalue weighted by molar-refractivity contribution is -0.145. The Labute approximate surface area is 199 Å². The molecule has 3 N–H and O–H groups in total. The van der Waals surface area contributed by atoms with Gasteiger partial charge in [0.05, 0.1) is 18.8 Å². The van der Waals surface area contributed by atoms with Crippen LogP contribution in [0.15, 0.2) is 42.5 Å². The summed E-state index contributed by atoms with van der Waals surface area (Å²) < 4.78 is 10.7. The largest absolute Gasteiger partial charge is 0.505 e. The fourth-order valence-electron chi connectivity index (χ4n) is 2.95. The highest BCUT2D eigenvalue weighted by atomic mass is 35.5. The summed E-state index contributed by atoms with van der Waals surface area (Å²) in [5.74, 6) is -1.28. The van der Waals surface area contributed by atoms with Crippen molar-refractivity contribution in [1.29, 1.82) is 0 Å². The van der Waals surface area contributed by atoms with E-state index in [4.69, 9.17) is 21.1 Å². The molecular formula is C23H30Cl2N2O5. The van der Waals surface area contributed by atoms with Gasteiger partial charge in [0, 0.05) is 6.42 Å². The first-order valence-corrected chi connectivity index (χ1v) is 10.7. The first-order valence-electron chi connectivity index (χ1n) is 10.3. The van der Waals surface area contributed by atoms with Gasteiger partial charge in [-0.05, 0) is 51.1 Å². The van der Waals surface area contributed by atoms with Crippen molar-refractivity contribution < 1.29 is 24.2 Å². The lowest BCUT2D eigenvalue weighted by atomic mass is 10.1. The number of rotatable bonds is 12. The summed E-state index contributed by atoms with van der Waals surface area (Å²) in [7, 11) is 1.88. The second-order valence-corrected chi connectivity index (χ2v) is 7.28. The molecule has 0 radical (unpaired) electrons. The summed E-state index contributed by atoms with van der Waals surface area (Å²) in [4.78, 5) is 25.1. The van der Waals surface area contributed by atoms with Crippen LogP contribution in [-0.2, 0) is 16.0 Å². The number of ether oxygens (including phenoxy) is 2. The van der Waals surface area contributed by atoms with Gasteiger partial charge >= 0.3 is 5.97 Å². The number of phenolic OH excluding ortho intramolecular Hbond substituents is 1. The molecule has 7 nitrogen and oxygen atoms in total. The number of benzene rings is 2. The van der Waals surface area contributed by atoms with E-state index in [1.807, 2.05) is 37.4 Å². The van der Waals surface area contributed by atoms with Gasteiger partial charge in [0.25, 0.3) is 5.91 Å². The molecule has 2 rings (SSSR count). The molecule has 176 valence electrons. The average molecular weight is 485 g/mol. The molecule has 0 heterocycles. The maximum atomic E-state index is 12.8. The van der Waals surface area contributed by atoms with Crippen LogP contribution >= 0.6 is 24.0 Å². The Kier molecular flexibility index (Phi) is 12.5. The summed E-state index contributed by atoms with van der Waals surface area (Å²) in [6.07, 6.45) is 2.02. The number of esters is 1. The zero-order chi connectivity index (χ0) is 22.6. The van der Waals surface area contributed by atoms with Crippen molar-refractivity contribution in [3.63, 3.8) is 0 Å². The van der Waals surface area contributed by atoms with Gasteiger partial charge in [-0.15, -0.1) is 12.4 Å². The number of carbonyl (C=O) groups excluding carboxylic acids is 2. The first-order chi connectivity index (χ1) is 15.0. The van der Waals surface area contributed by atoms with Crippen molar-refractivity contribution in [2.45, 2.75) is 32.2 Å². The quantitative estimate of drug-likeness (QED) is 0.313. The lowest BCUT2D eigenvalue weighted by Crippen LogP contribution is -2.43. The van der Waals surface area contributed by atoms with Gasteiger partial charge < -0.3 is 25.2 Å². The van der Waals surface area contributed by atoms with Crippen molar-refractivity contribution in [3.05, 3.63) is 58.6 Å². The number of phenols is 1. The highest BCUT2D eigenvalue weighted by Crippen LogP contribution is 2.36. The SMILES string of the molecule is CCOC(=O)[C@H](Cc1ccccc1)NC(=O)c1ccc(OCCCCNC)c(Cl)c1O.Cl. The van der Waals surface area contributed by atoms with Gasteiger partial charge in [0.15, 0.2) is 5.75 Å². The fraction of sp³-hybridized carbons (Fsp3) is 0.391. The minimum Gasteiger partial charge on any atom is -0.505 e. The molecule has 2 aromatic rings. The number of amides is 1. The van der Waals surface area contributed by atoms with E-state index in [1.54, 1.807) is 6.92 Å². The number of nitrogens with one attached hydrogen (secondary N) is 2. The van der Waals surface area contributed by atoms with E-state index in [9.17, 15) is 14.7 Å². The predicted octanol–water partition coefficient (Wildman–Crippen LogP) is 3.75. The molecule has 1 amide bonds. The van der Waals surface area contributed by atoms with Crippen LogP contribution in [0.1, 0.15) is 35.7 Å². The summed E-state index contributed by atoms with van der Waals surface area (Å²) in [5, 5.41) is 16.1. The fourth-order valence-corrected chi connectivity index (χ4v) is 3.17. The van der Waals surface area contributed by atoms with Gasteiger partial charge in [-0.25, -0.2) is 4.79 Å². The smallest absolute Gasteiger partial charge is 0.328 e. The second-order valence-electron chi connectivity index (χ2n) is 6.90. The van der Waals surface area contributed by atoms with E-state index in [1.165, 1.54) is 12.1 Å². The number of halogens is 2. The number of hydrogen-bond acceptors (Lipinski definition) is 6. The van der Waals surface area contributed by atoms with E-state index in [-0.39, 0.29) is 36.0 Å². The number of carbonyl (C=O) groups is 2. The Morgan fingerprint density at radius 3 is 2.50 bits per heavy atom. The molecule has 0 spiro atoms. The number of hydrogen-bond donors (Lipinski definition) is 3. The van der Waals surface area contributed by atoms with Gasteiger partial charge in [0.2, 0.25) is 0 Å². The minimum absolute atomic E-state index is 0. The van der Waals surface area contributed by atoms with Crippen LogP contribution in [0.2, 0.25) is 5.02 Å². The highest BCUT2D eigenvalue weighted by molar-refractivity contribution is 6.34. The van der Waals surface area contributed by atoms with Crippen LogP contribution in [0.4, 0.5) is 0 Å². The summed E-state index contributed by atoms with van der Waals surface area (Å²) >= 11 is 6.20. The Hall–Kier alpha value is -2.48. The predicted molar refractivity (Wildman–Crippen MR) is 127 cm³/mol. The molecular weight excluding hydrogens is 455 g/mol. The van der Waals surface area contributed by atoms with Crippen molar-refractivity contribution in [3.8, 4) is 11.5 Å². The molecule has 9 heteroatoms. The van der Waals surface area contributed by atoms with E-state index in [2.05, 4.69) is 10.6 Å². The third kappa shape index (κ3) is 8.22. The Morgan fingerprint density at radius 2 is 1.84 bits per heavy atom. The van der Waals surface area contributed by atoms with Crippen LogP contribution in [0.25, 0.3) is 0 Å². The molecule has 0 fully saturated rings. The van der Waals surface area contributed by atoms with Crippen LogP contribution in [0.5, 0.6) is 11.5 Å². The summed E-state index contributed by atoms with van der Waals surface area (Å²) in [6, 6.07) is 11.3. The van der Waals surface area contributed by atoms with Crippen LogP contribution in [0.3, 0.4) is 0 Å². The van der Waals surface area contributed by atoms with Crippen molar-refractivity contribution in [1.82, 2.24) is 10.6 Å². The Balaban J connectivity index is 0.00000512. The zero-order valence-electron chi connectivity index (χ0n) is 18.2. The molecule has 0 saturated heterocycles. The molecule has 0 unspecified atom stereocenters. The first kappa shape index (κ1) is 27.6. The molecule has 0 aliphatic carbocycles. The zero-order valence-corrected chi connectivity index (χ0v) is 19.8. The number of aromatic hydroxyl groups is 1. The van der Waals surface area contributed by atoms with Gasteiger partial charge in [-0.3, -0.25) is 4.79 Å².